The predicted octanol–water partition coefficient (Wildman–Crippen LogP) is 4.06. The second kappa shape index (κ2) is 6.85. The lowest BCUT2D eigenvalue weighted by atomic mass is 9.87. The Morgan fingerprint density at radius 1 is 1.23 bits per heavy atom. The van der Waals surface area contributed by atoms with Crippen molar-refractivity contribution in [2.75, 3.05) is 6.54 Å². The summed E-state index contributed by atoms with van der Waals surface area (Å²) < 4.78 is 0. The lowest BCUT2D eigenvalue weighted by Gasteiger charge is -2.25. The van der Waals surface area contributed by atoms with Crippen molar-refractivity contribution in [3.63, 3.8) is 0 Å². The number of halogens is 1. The van der Waals surface area contributed by atoms with Crippen LogP contribution in [0.5, 0.6) is 0 Å². The van der Waals surface area contributed by atoms with E-state index in [-0.39, 0.29) is 12.3 Å². The molecule has 2 heterocycles. The van der Waals surface area contributed by atoms with Crippen molar-refractivity contribution in [2.45, 2.75) is 32.7 Å². The van der Waals surface area contributed by atoms with Crippen LogP contribution in [-0.2, 0) is 10.3 Å². The molecular weight excluding hydrogens is 372 g/mol. The minimum Gasteiger partial charge on any atom is -0.319 e. The first-order valence-electron chi connectivity index (χ1n) is 8.29. The molecule has 26 heavy (non-hydrogen) atoms. The van der Waals surface area contributed by atoms with Gasteiger partial charge >= 0.3 is 6.03 Å². The van der Waals surface area contributed by atoms with E-state index in [0.717, 1.165) is 14.7 Å². The smallest absolute Gasteiger partial charge is 0.319 e. The summed E-state index contributed by atoms with van der Waals surface area (Å²) >= 11 is 7.45. The van der Waals surface area contributed by atoms with Crippen LogP contribution in [0.4, 0.5) is 4.79 Å². The zero-order valence-electron chi connectivity index (χ0n) is 14.8. The number of ketones is 1. The number of hydrogen-bond donors (Lipinski definition) is 1. The van der Waals surface area contributed by atoms with Crippen LogP contribution < -0.4 is 5.32 Å². The summed E-state index contributed by atoms with van der Waals surface area (Å²) in [5, 5.41) is 3.32. The number of amides is 3. The van der Waals surface area contributed by atoms with Crippen molar-refractivity contribution in [2.24, 2.45) is 0 Å². The number of rotatable bonds is 5. The van der Waals surface area contributed by atoms with Crippen molar-refractivity contribution in [1.29, 1.82) is 0 Å². The van der Waals surface area contributed by atoms with Crippen molar-refractivity contribution < 1.29 is 14.4 Å². The van der Waals surface area contributed by atoms with Gasteiger partial charge in [-0.25, -0.2) is 4.79 Å². The fourth-order valence-corrected chi connectivity index (χ4v) is 4.35. The van der Waals surface area contributed by atoms with Gasteiger partial charge in [0, 0.05) is 20.3 Å². The molecule has 1 saturated heterocycles. The van der Waals surface area contributed by atoms with Crippen LogP contribution in [0.1, 0.15) is 39.0 Å². The lowest BCUT2D eigenvalue weighted by molar-refractivity contribution is -0.131. The number of Topliss-reactive ketones (excluding diaryl/α,β-unsaturated/α-hetero) is 1. The Labute approximate surface area is 161 Å². The summed E-state index contributed by atoms with van der Waals surface area (Å²) in [6, 6.07) is 8.05. The highest BCUT2D eigenvalue weighted by atomic mass is 35.5. The number of hydrogen-bond acceptors (Lipinski definition) is 4. The van der Waals surface area contributed by atoms with Crippen molar-refractivity contribution in [3.05, 3.63) is 56.2 Å². The van der Waals surface area contributed by atoms with Gasteiger partial charge in [-0.2, -0.15) is 0 Å². The first kappa shape index (κ1) is 18.6. The highest BCUT2D eigenvalue weighted by Crippen LogP contribution is 2.33. The maximum atomic E-state index is 13.1. The van der Waals surface area contributed by atoms with E-state index >= 15 is 0 Å². The molecule has 2 aromatic rings. The topological polar surface area (TPSA) is 66.5 Å². The number of carbonyl (C=O) groups is 3. The fourth-order valence-electron chi connectivity index (χ4n) is 3.28. The second-order valence-electron chi connectivity index (χ2n) is 6.34. The van der Waals surface area contributed by atoms with E-state index in [9.17, 15) is 14.4 Å². The number of carbonyl (C=O) groups excluding carboxylic acids is 3. The number of benzene rings is 1. The van der Waals surface area contributed by atoms with Gasteiger partial charge in [0.05, 0.1) is 6.54 Å². The average Bonchev–Trinajstić information content (AvgIpc) is 3.06. The molecule has 0 spiro atoms. The van der Waals surface area contributed by atoms with Crippen LogP contribution in [0.15, 0.2) is 30.3 Å². The largest absolute Gasteiger partial charge is 0.325 e. The fraction of sp³-hybridized carbons (Fsp3) is 0.316. The molecule has 7 heteroatoms. The van der Waals surface area contributed by atoms with Gasteiger partial charge in [-0.1, -0.05) is 30.7 Å². The predicted molar refractivity (Wildman–Crippen MR) is 102 cm³/mol. The molecule has 1 aliphatic heterocycles. The Morgan fingerprint density at radius 2 is 1.88 bits per heavy atom. The van der Waals surface area contributed by atoms with Crippen LogP contribution in [0, 0.1) is 13.8 Å². The quantitative estimate of drug-likeness (QED) is 0.618. The molecule has 136 valence electrons. The number of thiophene rings is 1. The van der Waals surface area contributed by atoms with Crippen LogP contribution >= 0.6 is 22.9 Å². The molecule has 5 nitrogen and oxygen atoms in total. The van der Waals surface area contributed by atoms with Gasteiger partial charge in [-0.05, 0) is 44.0 Å². The van der Waals surface area contributed by atoms with Crippen LogP contribution in [0.3, 0.4) is 0 Å². The molecule has 0 saturated carbocycles. The van der Waals surface area contributed by atoms with Gasteiger partial charge in [-0.15, -0.1) is 11.3 Å². The summed E-state index contributed by atoms with van der Waals surface area (Å²) in [7, 11) is 0. The molecule has 1 aromatic carbocycles. The van der Waals surface area contributed by atoms with Crippen molar-refractivity contribution in [3.8, 4) is 0 Å². The highest BCUT2D eigenvalue weighted by Gasteiger charge is 2.51. The lowest BCUT2D eigenvalue weighted by Crippen LogP contribution is -2.43. The Bertz CT molecular complexity index is 891. The summed E-state index contributed by atoms with van der Waals surface area (Å²) in [6.07, 6.45) is 0.375. The van der Waals surface area contributed by atoms with E-state index in [4.69, 9.17) is 11.6 Å². The van der Waals surface area contributed by atoms with E-state index in [1.807, 2.05) is 20.8 Å². The Hall–Kier alpha value is -2.18. The normalized spacial score (nSPS) is 19.8. The second-order valence-corrected chi connectivity index (χ2v) is 8.23. The Kier molecular flexibility index (Phi) is 4.90. The van der Waals surface area contributed by atoms with Crippen LogP contribution in [0.2, 0.25) is 5.02 Å². The number of nitrogens with one attached hydrogen (secondary N) is 1. The Morgan fingerprint density at radius 3 is 2.42 bits per heavy atom. The van der Waals surface area contributed by atoms with Gasteiger partial charge < -0.3 is 5.32 Å². The van der Waals surface area contributed by atoms with Crippen molar-refractivity contribution in [1.82, 2.24) is 10.2 Å². The van der Waals surface area contributed by atoms with Crippen LogP contribution in [-0.4, -0.2) is 29.2 Å². The van der Waals surface area contributed by atoms with Gasteiger partial charge in [0.25, 0.3) is 5.91 Å². The first-order chi connectivity index (χ1) is 12.3. The number of aryl methyl sites for hydroxylation is 2. The van der Waals surface area contributed by atoms with E-state index in [2.05, 4.69) is 5.32 Å². The molecule has 0 bridgehead atoms. The monoisotopic (exact) mass is 390 g/mol. The van der Waals surface area contributed by atoms with E-state index in [0.29, 0.717) is 22.6 Å². The molecule has 1 aromatic heterocycles. The molecule has 1 unspecified atom stereocenters. The average molecular weight is 391 g/mol. The zero-order valence-corrected chi connectivity index (χ0v) is 16.3. The Balaban J connectivity index is 1.89. The standard InChI is InChI=1S/C19H19ClN2O3S/c1-4-19(13-5-7-14(20)8-6-13)17(24)22(18(25)21-19)10-16(23)15-9-11(2)26-12(15)3/h5-9H,4,10H2,1-3H3,(H,21,25). The molecule has 0 radical (unpaired) electrons. The summed E-state index contributed by atoms with van der Waals surface area (Å²) in [5.41, 5.74) is 0.0514. The first-order valence-corrected chi connectivity index (χ1v) is 9.48. The highest BCUT2D eigenvalue weighted by molar-refractivity contribution is 7.12. The van der Waals surface area contributed by atoms with Crippen LogP contribution in [0.25, 0.3) is 0 Å². The molecule has 1 atom stereocenters. The summed E-state index contributed by atoms with van der Waals surface area (Å²) in [4.78, 5) is 41.1. The zero-order chi connectivity index (χ0) is 19.1. The van der Waals surface area contributed by atoms with Gasteiger partial charge in [0.2, 0.25) is 0 Å². The molecule has 3 amide bonds. The van der Waals surface area contributed by atoms with E-state index < -0.39 is 17.5 Å². The molecule has 1 fully saturated rings. The third-order valence-electron chi connectivity index (χ3n) is 4.69. The van der Waals surface area contributed by atoms with Crippen molar-refractivity contribution >= 4 is 40.7 Å². The van der Waals surface area contributed by atoms with E-state index in [1.165, 1.54) is 11.3 Å². The van der Waals surface area contributed by atoms with Gasteiger partial charge in [0.1, 0.15) is 5.54 Å². The number of imide groups is 1. The molecule has 3 rings (SSSR count). The third-order valence-corrected chi connectivity index (χ3v) is 5.90. The number of nitrogens with zero attached hydrogens (tertiary/aromatic N) is 1. The SMILES string of the molecule is CCC1(c2ccc(Cl)cc2)NC(=O)N(CC(=O)c2cc(C)sc2C)C1=O. The minimum atomic E-state index is -1.17. The molecular formula is C19H19ClN2O3S. The maximum absolute atomic E-state index is 13.1. The summed E-state index contributed by atoms with van der Waals surface area (Å²) in [6.45, 7) is 5.34. The third kappa shape index (κ3) is 3.04. The van der Waals surface area contributed by atoms with Gasteiger partial charge in [0.15, 0.2) is 5.78 Å². The molecule has 0 aliphatic carbocycles. The summed E-state index contributed by atoms with van der Waals surface area (Å²) in [5.74, 6) is -0.649. The molecule has 1 N–H and O–H groups in total. The maximum Gasteiger partial charge on any atom is 0.325 e. The van der Waals surface area contributed by atoms with E-state index in [1.54, 1.807) is 30.3 Å². The minimum absolute atomic E-state index is 0.238. The number of urea groups is 1. The molecule has 1 aliphatic rings. The van der Waals surface area contributed by atoms with Gasteiger partial charge in [-0.3, -0.25) is 14.5 Å².